The maximum absolute atomic E-state index is 13.3. The summed E-state index contributed by atoms with van der Waals surface area (Å²) in [5.41, 5.74) is 1.02. The highest BCUT2D eigenvalue weighted by Gasteiger charge is 2.30. The molecule has 0 N–H and O–H groups in total. The van der Waals surface area contributed by atoms with Gasteiger partial charge >= 0.3 is 0 Å². The number of hydrogen-bond acceptors (Lipinski definition) is 6. The third-order valence-electron chi connectivity index (χ3n) is 5.54. The van der Waals surface area contributed by atoms with Gasteiger partial charge in [-0.25, -0.2) is 9.97 Å². The van der Waals surface area contributed by atoms with Crippen LogP contribution in [0.15, 0.2) is 0 Å². The first-order chi connectivity index (χ1) is 12.9. The number of amides is 1. The summed E-state index contributed by atoms with van der Waals surface area (Å²) in [6.45, 7) is 13.2. The van der Waals surface area contributed by atoms with Gasteiger partial charge in [-0.15, -0.1) is 11.3 Å². The molecule has 1 amide bonds. The van der Waals surface area contributed by atoms with Gasteiger partial charge in [-0.2, -0.15) is 0 Å². The highest BCUT2D eigenvalue weighted by molar-refractivity contribution is 7.20. The van der Waals surface area contributed by atoms with Crippen LogP contribution in [0.25, 0.3) is 10.2 Å². The predicted molar refractivity (Wildman–Crippen MR) is 109 cm³/mol. The molecule has 4 heterocycles. The molecule has 4 rings (SSSR count). The Bertz CT molecular complexity index is 849. The van der Waals surface area contributed by atoms with Crippen LogP contribution in [0.3, 0.4) is 0 Å². The lowest BCUT2D eigenvalue weighted by atomic mass is 9.92. The van der Waals surface area contributed by atoms with Crippen molar-refractivity contribution in [2.75, 3.05) is 44.3 Å². The molecule has 0 bridgehead atoms. The third-order valence-corrected chi connectivity index (χ3v) is 6.72. The van der Waals surface area contributed by atoms with Crippen molar-refractivity contribution in [1.29, 1.82) is 0 Å². The van der Waals surface area contributed by atoms with Crippen LogP contribution in [0.2, 0.25) is 0 Å². The highest BCUT2D eigenvalue weighted by atomic mass is 32.1. The quantitative estimate of drug-likeness (QED) is 0.790. The van der Waals surface area contributed by atoms with E-state index in [1.807, 2.05) is 18.7 Å². The van der Waals surface area contributed by atoms with E-state index in [1.165, 1.54) is 17.8 Å². The van der Waals surface area contributed by atoms with Crippen LogP contribution in [0, 0.1) is 25.7 Å². The standard InChI is InChI=1S/C20H28N4O2S/c1-12-9-13(2)11-24(10-12)20(25)17-14(3)16-18(23-5-7-26-8-6-23)21-15(4)22-19(16)27-17/h12-13H,5-11H2,1-4H3/t12-,13-/m1/s1. The number of carbonyl (C=O) groups excluding carboxylic acids is 1. The minimum atomic E-state index is 0.152. The number of carbonyl (C=O) groups is 1. The number of aromatic nitrogens is 2. The Morgan fingerprint density at radius 3 is 2.44 bits per heavy atom. The van der Waals surface area contributed by atoms with Crippen molar-refractivity contribution in [3.05, 3.63) is 16.3 Å². The number of morpholine rings is 1. The molecule has 7 heteroatoms. The van der Waals surface area contributed by atoms with Crippen LogP contribution in [0.4, 0.5) is 5.82 Å². The topological polar surface area (TPSA) is 58.6 Å². The van der Waals surface area contributed by atoms with E-state index in [0.717, 1.165) is 58.5 Å². The maximum Gasteiger partial charge on any atom is 0.264 e. The first-order valence-corrected chi connectivity index (χ1v) is 10.7. The second kappa shape index (κ2) is 7.36. The average molecular weight is 389 g/mol. The molecule has 0 aromatic carbocycles. The number of thiophene rings is 1. The molecule has 2 aromatic rings. The highest BCUT2D eigenvalue weighted by Crippen LogP contribution is 2.37. The molecule has 2 aliphatic heterocycles. The Kier molecular flexibility index (Phi) is 5.07. The van der Waals surface area contributed by atoms with Gasteiger partial charge in [0, 0.05) is 26.2 Å². The van der Waals surface area contributed by atoms with Crippen molar-refractivity contribution in [1.82, 2.24) is 14.9 Å². The van der Waals surface area contributed by atoms with Crippen molar-refractivity contribution in [2.24, 2.45) is 11.8 Å². The van der Waals surface area contributed by atoms with Crippen LogP contribution >= 0.6 is 11.3 Å². The molecular weight excluding hydrogens is 360 g/mol. The Labute approximate surface area is 164 Å². The second-order valence-electron chi connectivity index (χ2n) is 8.09. The van der Waals surface area contributed by atoms with Gasteiger partial charge < -0.3 is 14.5 Å². The van der Waals surface area contributed by atoms with Crippen LogP contribution < -0.4 is 4.90 Å². The Morgan fingerprint density at radius 1 is 1.11 bits per heavy atom. The molecule has 2 aliphatic rings. The lowest BCUT2D eigenvalue weighted by Gasteiger charge is -2.34. The second-order valence-corrected chi connectivity index (χ2v) is 9.09. The van der Waals surface area contributed by atoms with Crippen molar-refractivity contribution in [2.45, 2.75) is 34.1 Å². The van der Waals surface area contributed by atoms with Gasteiger partial charge in [-0.3, -0.25) is 4.79 Å². The summed E-state index contributed by atoms with van der Waals surface area (Å²) in [7, 11) is 0. The number of anilines is 1. The number of piperidine rings is 1. The molecule has 27 heavy (non-hydrogen) atoms. The van der Waals surface area contributed by atoms with Crippen molar-refractivity contribution in [3.8, 4) is 0 Å². The molecular formula is C20H28N4O2S. The maximum atomic E-state index is 13.3. The van der Waals surface area contributed by atoms with Crippen molar-refractivity contribution < 1.29 is 9.53 Å². The minimum absolute atomic E-state index is 0.152. The largest absolute Gasteiger partial charge is 0.378 e. The number of nitrogens with zero attached hydrogens (tertiary/aromatic N) is 4. The summed E-state index contributed by atoms with van der Waals surface area (Å²) in [6, 6.07) is 0. The van der Waals surface area contributed by atoms with E-state index >= 15 is 0 Å². The van der Waals surface area contributed by atoms with E-state index in [4.69, 9.17) is 9.72 Å². The fourth-order valence-electron chi connectivity index (χ4n) is 4.40. The average Bonchev–Trinajstić information content (AvgIpc) is 2.96. The SMILES string of the molecule is Cc1nc(N2CCOCC2)c2c(C)c(C(=O)N3C[C@H](C)C[C@@H](C)C3)sc2n1. The summed E-state index contributed by atoms with van der Waals surface area (Å²) in [5.74, 6) is 2.97. The van der Waals surface area contributed by atoms with Crippen LogP contribution in [-0.4, -0.2) is 60.2 Å². The Hall–Kier alpha value is -1.73. The zero-order valence-electron chi connectivity index (χ0n) is 16.6. The van der Waals surface area contributed by atoms with Gasteiger partial charge in [0.05, 0.1) is 23.5 Å². The first kappa shape index (κ1) is 18.6. The minimum Gasteiger partial charge on any atom is -0.378 e. The molecule has 0 unspecified atom stereocenters. The number of likely N-dealkylation sites (tertiary alicyclic amines) is 1. The van der Waals surface area contributed by atoms with E-state index in [-0.39, 0.29) is 5.91 Å². The van der Waals surface area contributed by atoms with E-state index in [0.29, 0.717) is 25.0 Å². The molecule has 146 valence electrons. The smallest absolute Gasteiger partial charge is 0.264 e. The van der Waals surface area contributed by atoms with Gasteiger partial charge in [-0.1, -0.05) is 13.8 Å². The van der Waals surface area contributed by atoms with E-state index in [1.54, 1.807) is 0 Å². The predicted octanol–water partition coefficient (Wildman–Crippen LogP) is 3.26. The van der Waals surface area contributed by atoms with Crippen LogP contribution in [0.1, 0.15) is 41.3 Å². The molecule has 6 nitrogen and oxygen atoms in total. The zero-order valence-corrected chi connectivity index (χ0v) is 17.4. The molecule has 2 aromatic heterocycles. The molecule has 0 aliphatic carbocycles. The number of aryl methyl sites for hydroxylation is 2. The monoisotopic (exact) mass is 388 g/mol. The van der Waals surface area contributed by atoms with Crippen LogP contribution in [0.5, 0.6) is 0 Å². The number of ether oxygens (including phenoxy) is 1. The summed E-state index contributed by atoms with van der Waals surface area (Å²) in [6.07, 6.45) is 1.20. The van der Waals surface area contributed by atoms with Crippen molar-refractivity contribution >= 4 is 33.3 Å². The molecule has 2 saturated heterocycles. The molecule has 0 spiro atoms. The van der Waals surface area contributed by atoms with Gasteiger partial charge in [0.1, 0.15) is 16.5 Å². The number of fused-ring (bicyclic) bond motifs is 1. The van der Waals surface area contributed by atoms with Gasteiger partial charge in [0.25, 0.3) is 5.91 Å². The van der Waals surface area contributed by atoms with Gasteiger partial charge in [0.15, 0.2) is 0 Å². The molecule has 2 fully saturated rings. The summed E-state index contributed by atoms with van der Waals surface area (Å²) < 4.78 is 5.49. The summed E-state index contributed by atoms with van der Waals surface area (Å²) in [5, 5.41) is 1.04. The third kappa shape index (κ3) is 3.55. The van der Waals surface area contributed by atoms with E-state index in [2.05, 4.69) is 23.7 Å². The summed E-state index contributed by atoms with van der Waals surface area (Å²) >= 11 is 1.52. The Morgan fingerprint density at radius 2 is 1.78 bits per heavy atom. The fourth-order valence-corrected chi connectivity index (χ4v) is 5.59. The number of rotatable bonds is 2. The normalized spacial score (nSPS) is 23.9. The van der Waals surface area contributed by atoms with E-state index < -0.39 is 0 Å². The lowest BCUT2D eigenvalue weighted by Crippen LogP contribution is -2.42. The fraction of sp³-hybridized carbons (Fsp3) is 0.650. The Balaban J connectivity index is 1.74. The first-order valence-electron chi connectivity index (χ1n) is 9.83. The molecule has 0 radical (unpaired) electrons. The zero-order chi connectivity index (χ0) is 19.1. The van der Waals surface area contributed by atoms with Gasteiger partial charge in [0.2, 0.25) is 0 Å². The molecule has 2 atom stereocenters. The van der Waals surface area contributed by atoms with Crippen LogP contribution in [-0.2, 0) is 4.74 Å². The lowest BCUT2D eigenvalue weighted by molar-refractivity contribution is 0.0627. The molecule has 0 saturated carbocycles. The van der Waals surface area contributed by atoms with E-state index in [9.17, 15) is 4.79 Å². The summed E-state index contributed by atoms with van der Waals surface area (Å²) in [4.78, 5) is 28.7. The van der Waals surface area contributed by atoms with Crippen molar-refractivity contribution in [3.63, 3.8) is 0 Å². The van der Waals surface area contributed by atoms with Gasteiger partial charge in [-0.05, 0) is 37.7 Å². The number of hydrogen-bond donors (Lipinski definition) is 0.